The van der Waals surface area contributed by atoms with Crippen LogP contribution in [0.1, 0.15) is 18.1 Å². The molecule has 5 nitrogen and oxygen atoms in total. The second-order valence-corrected chi connectivity index (χ2v) is 10.3. The van der Waals surface area contributed by atoms with Gasteiger partial charge in [0, 0.05) is 8.59 Å². The van der Waals surface area contributed by atoms with E-state index in [0.717, 1.165) is 25.8 Å². The van der Waals surface area contributed by atoms with Crippen LogP contribution in [-0.2, 0) is 11.4 Å². The van der Waals surface area contributed by atoms with Gasteiger partial charge in [-0.2, -0.15) is 0 Å². The molecule has 1 heterocycles. The normalized spacial score (nSPS) is 14.7. The molecule has 0 radical (unpaired) electrons. The van der Waals surface area contributed by atoms with Crippen LogP contribution in [-0.4, -0.2) is 17.8 Å². The molecule has 3 aromatic rings. The molecule has 0 saturated carbocycles. The topological polar surface area (TPSA) is 55.8 Å². The molecular formula is C25H18Cl2INO4S. The van der Waals surface area contributed by atoms with Crippen molar-refractivity contribution < 1.29 is 19.1 Å². The largest absolute Gasteiger partial charge is 0.490 e. The van der Waals surface area contributed by atoms with Gasteiger partial charge >= 0.3 is 0 Å². The third kappa shape index (κ3) is 5.71. The molecule has 1 aliphatic heterocycles. The average molecular weight is 626 g/mol. The number of imide groups is 1. The van der Waals surface area contributed by atoms with Crippen LogP contribution in [0.15, 0.2) is 65.6 Å². The maximum absolute atomic E-state index is 12.9. The number of amides is 2. The van der Waals surface area contributed by atoms with E-state index in [1.807, 2.05) is 31.2 Å². The van der Waals surface area contributed by atoms with Gasteiger partial charge in [0.05, 0.1) is 22.2 Å². The van der Waals surface area contributed by atoms with Gasteiger partial charge in [-0.25, -0.2) is 4.90 Å². The fraction of sp³-hybridized carbons (Fsp3) is 0.120. The lowest BCUT2D eigenvalue weighted by Crippen LogP contribution is -2.27. The molecule has 0 spiro atoms. The molecule has 0 bridgehead atoms. The predicted molar refractivity (Wildman–Crippen MR) is 146 cm³/mol. The molecule has 0 aliphatic carbocycles. The molecule has 9 heteroatoms. The highest BCUT2D eigenvalue weighted by atomic mass is 127. The molecule has 0 N–H and O–H groups in total. The molecule has 174 valence electrons. The molecule has 0 unspecified atom stereocenters. The van der Waals surface area contributed by atoms with Gasteiger partial charge in [0.2, 0.25) is 0 Å². The Kier molecular flexibility index (Phi) is 8.08. The van der Waals surface area contributed by atoms with E-state index in [1.165, 1.54) is 0 Å². The Morgan fingerprint density at radius 1 is 1.00 bits per heavy atom. The summed E-state index contributed by atoms with van der Waals surface area (Å²) in [7, 11) is 0. The Labute approximate surface area is 225 Å². The molecule has 2 amide bonds. The van der Waals surface area contributed by atoms with E-state index in [0.29, 0.717) is 46.0 Å². The first-order valence-electron chi connectivity index (χ1n) is 10.2. The molecule has 4 rings (SSSR count). The van der Waals surface area contributed by atoms with Crippen LogP contribution in [0, 0.1) is 3.57 Å². The van der Waals surface area contributed by atoms with Crippen LogP contribution in [0.3, 0.4) is 0 Å². The average Bonchev–Trinajstić information content (AvgIpc) is 3.08. The van der Waals surface area contributed by atoms with Crippen molar-refractivity contribution in [2.75, 3.05) is 11.5 Å². The lowest BCUT2D eigenvalue weighted by atomic mass is 10.1. The molecule has 3 aromatic carbocycles. The zero-order chi connectivity index (χ0) is 24.2. The van der Waals surface area contributed by atoms with E-state index < -0.39 is 5.91 Å². The van der Waals surface area contributed by atoms with Crippen molar-refractivity contribution in [1.29, 1.82) is 0 Å². The van der Waals surface area contributed by atoms with Crippen molar-refractivity contribution in [3.8, 4) is 11.5 Å². The number of carbonyl (C=O) groups excluding carboxylic acids is 2. The van der Waals surface area contributed by atoms with E-state index in [9.17, 15) is 9.59 Å². The molecule has 1 saturated heterocycles. The summed E-state index contributed by atoms with van der Waals surface area (Å²) in [5.74, 6) is 0.475. The van der Waals surface area contributed by atoms with Gasteiger partial charge in [-0.3, -0.25) is 9.59 Å². The Bertz CT molecular complexity index is 1260. The zero-order valence-electron chi connectivity index (χ0n) is 17.9. The molecule has 0 aromatic heterocycles. The first-order valence-corrected chi connectivity index (χ1v) is 12.9. The first-order chi connectivity index (χ1) is 16.4. The summed E-state index contributed by atoms with van der Waals surface area (Å²) in [5.41, 5.74) is 2.08. The third-order valence-electron chi connectivity index (χ3n) is 4.80. The van der Waals surface area contributed by atoms with Crippen LogP contribution >= 0.6 is 57.6 Å². The summed E-state index contributed by atoms with van der Waals surface area (Å²) in [5, 5.41) is 0.487. The van der Waals surface area contributed by atoms with Crippen molar-refractivity contribution in [3.05, 3.63) is 90.3 Å². The van der Waals surface area contributed by atoms with Gasteiger partial charge in [-0.15, -0.1) is 0 Å². The monoisotopic (exact) mass is 625 g/mol. The Balaban J connectivity index is 1.59. The van der Waals surface area contributed by atoms with Crippen LogP contribution in [0.25, 0.3) is 6.08 Å². The predicted octanol–water partition coefficient (Wildman–Crippen LogP) is 7.82. The summed E-state index contributed by atoms with van der Waals surface area (Å²) < 4.78 is 12.9. The second kappa shape index (κ2) is 11.0. The molecule has 1 fully saturated rings. The summed E-state index contributed by atoms with van der Waals surface area (Å²) >= 11 is 15.6. The van der Waals surface area contributed by atoms with Gasteiger partial charge < -0.3 is 9.47 Å². The number of hydrogen-bond acceptors (Lipinski definition) is 5. The van der Waals surface area contributed by atoms with E-state index in [2.05, 4.69) is 22.6 Å². The lowest BCUT2D eigenvalue weighted by Gasteiger charge is -2.15. The molecule has 0 atom stereocenters. The van der Waals surface area contributed by atoms with Gasteiger partial charge in [0.25, 0.3) is 11.1 Å². The molecular weight excluding hydrogens is 608 g/mol. The highest BCUT2D eigenvalue weighted by Crippen LogP contribution is 2.40. The maximum atomic E-state index is 12.9. The highest BCUT2D eigenvalue weighted by Gasteiger charge is 2.36. The van der Waals surface area contributed by atoms with E-state index in [4.69, 9.17) is 32.7 Å². The van der Waals surface area contributed by atoms with Gasteiger partial charge in [0.1, 0.15) is 6.61 Å². The third-order valence-corrected chi connectivity index (χ3v) is 6.93. The highest BCUT2D eigenvalue weighted by molar-refractivity contribution is 14.1. The van der Waals surface area contributed by atoms with Crippen molar-refractivity contribution in [2.45, 2.75) is 13.5 Å². The number of ether oxygens (including phenoxy) is 2. The second-order valence-electron chi connectivity index (χ2n) is 7.17. The smallest absolute Gasteiger partial charge is 0.298 e. The van der Waals surface area contributed by atoms with E-state index >= 15 is 0 Å². The lowest BCUT2D eigenvalue weighted by molar-refractivity contribution is -0.113. The Morgan fingerprint density at radius 2 is 1.71 bits per heavy atom. The summed E-state index contributed by atoms with van der Waals surface area (Å²) in [4.78, 5) is 26.9. The number of benzene rings is 3. The number of anilines is 1. The summed E-state index contributed by atoms with van der Waals surface area (Å²) in [6.45, 7) is 2.60. The van der Waals surface area contributed by atoms with Gasteiger partial charge in [0.15, 0.2) is 11.5 Å². The minimum atomic E-state index is -0.412. The van der Waals surface area contributed by atoms with Crippen LogP contribution in [0.4, 0.5) is 10.5 Å². The quantitative estimate of drug-likeness (QED) is 0.198. The maximum Gasteiger partial charge on any atom is 0.298 e. The van der Waals surface area contributed by atoms with E-state index in [-0.39, 0.29) is 10.1 Å². The Morgan fingerprint density at radius 3 is 2.38 bits per heavy atom. The van der Waals surface area contributed by atoms with Crippen molar-refractivity contribution in [1.82, 2.24) is 0 Å². The van der Waals surface area contributed by atoms with Gasteiger partial charge in [-0.1, -0.05) is 35.3 Å². The number of carbonyl (C=O) groups is 2. The molecule has 34 heavy (non-hydrogen) atoms. The summed E-state index contributed by atoms with van der Waals surface area (Å²) in [6.07, 6.45) is 1.62. The van der Waals surface area contributed by atoms with Crippen molar-refractivity contribution in [2.24, 2.45) is 0 Å². The number of thioether (sulfide) groups is 1. The zero-order valence-corrected chi connectivity index (χ0v) is 22.4. The number of halogens is 3. The number of hydrogen-bond donors (Lipinski definition) is 0. The minimum absolute atomic E-state index is 0.283. The Hall–Kier alpha value is -2.20. The first kappa shape index (κ1) is 24.9. The van der Waals surface area contributed by atoms with Crippen molar-refractivity contribution >= 4 is 80.5 Å². The van der Waals surface area contributed by atoms with Crippen molar-refractivity contribution in [3.63, 3.8) is 0 Å². The SMILES string of the molecule is CCOc1cc(/C=C2/SC(=O)N(c3ccc(Cl)cc3)C2=O)cc(Cl)c1OCc1ccc(I)cc1. The molecule has 1 aliphatic rings. The van der Waals surface area contributed by atoms with Crippen LogP contribution in [0.2, 0.25) is 10.0 Å². The number of nitrogens with zero attached hydrogens (tertiary/aromatic N) is 1. The number of rotatable bonds is 7. The van der Waals surface area contributed by atoms with E-state index in [1.54, 1.807) is 42.5 Å². The van der Waals surface area contributed by atoms with Crippen LogP contribution < -0.4 is 14.4 Å². The minimum Gasteiger partial charge on any atom is -0.490 e. The van der Waals surface area contributed by atoms with Gasteiger partial charge in [-0.05, 0) is 107 Å². The fourth-order valence-electron chi connectivity index (χ4n) is 3.24. The fourth-order valence-corrected chi connectivity index (χ4v) is 4.84. The standard InChI is InChI=1S/C25H18Cl2INO4S/c1-2-32-21-12-16(11-20(27)23(21)33-14-15-3-7-18(28)8-4-15)13-22-24(30)29(25(31)34-22)19-9-5-17(26)6-10-19/h3-13H,2,14H2,1H3/b22-13+. The van der Waals surface area contributed by atoms with Crippen LogP contribution in [0.5, 0.6) is 11.5 Å². The summed E-state index contributed by atoms with van der Waals surface area (Å²) in [6, 6.07) is 17.9.